The van der Waals surface area contributed by atoms with E-state index in [0.29, 0.717) is 25.7 Å². The van der Waals surface area contributed by atoms with Gasteiger partial charge in [-0.2, -0.15) is 13.2 Å². The number of alkyl halides is 3. The Kier molecular flexibility index (Phi) is 5.78. The molecule has 0 aromatic rings. The first-order chi connectivity index (χ1) is 10.7. The van der Waals surface area contributed by atoms with Crippen LogP contribution < -0.4 is 5.32 Å². The van der Waals surface area contributed by atoms with Crippen LogP contribution in [0.1, 0.15) is 26.7 Å². The minimum Gasteiger partial charge on any atom is -0.336 e. The van der Waals surface area contributed by atoms with E-state index in [1.165, 1.54) is 24.7 Å². The molecule has 1 saturated heterocycles. The first-order valence-electron chi connectivity index (χ1n) is 8.25. The van der Waals surface area contributed by atoms with Gasteiger partial charge in [-0.25, -0.2) is 4.79 Å². The summed E-state index contributed by atoms with van der Waals surface area (Å²) in [6, 6.07) is -0.743. The van der Waals surface area contributed by atoms with E-state index in [0.717, 1.165) is 0 Å². The van der Waals surface area contributed by atoms with Crippen molar-refractivity contribution in [3.63, 3.8) is 0 Å². The number of nitrogens with zero attached hydrogens (tertiary/aromatic N) is 3. The molecule has 2 atom stereocenters. The van der Waals surface area contributed by atoms with Gasteiger partial charge in [0.25, 0.3) is 0 Å². The number of rotatable bonds is 5. The third kappa shape index (κ3) is 4.97. The quantitative estimate of drug-likeness (QED) is 0.831. The number of halogens is 3. The van der Waals surface area contributed by atoms with Gasteiger partial charge in [0, 0.05) is 44.8 Å². The molecule has 1 aliphatic carbocycles. The lowest BCUT2D eigenvalue weighted by atomic mass is 10.2. The molecule has 0 bridgehead atoms. The molecular weight excluding hydrogens is 309 g/mol. The van der Waals surface area contributed by atoms with E-state index in [9.17, 15) is 18.0 Å². The molecule has 0 aromatic carbocycles. The zero-order valence-corrected chi connectivity index (χ0v) is 14.1. The van der Waals surface area contributed by atoms with Crippen LogP contribution in [-0.4, -0.2) is 84.8 Å². The van der Waals surface area contributed by atoms with E-state index < -0.39 is 12.2 Å². The molecule has 23 heavy (non-hydrogen) atoms. The van der Waals surface area contributed by atoms with Crippen LogP contribution in [0, 0.1) is 0 Å². The van der Waals surface area contributed by atoms with Crippen LogP contribution in [0.5, 0.6) is 0 Å². The van der Waals surface area contributed by atoms with Crippen molar-refractivity contribution >= 4 is 6.03 Å². The summed E-state index contributed by atoms with van der Waals surface area (Å²) < 4.78 is 38.1. The lowest BCUT2D eigenvalue weighted by Crippen LogP contribution is -2.57. The Labute approximate surface area is 135 Å². The largest absolute Gasteiger partial charge is 0.403 e. The Morgan fingerprint density at radius 3 is 2.26 bits per heavy atom. The van der Waals surface area contributed by atoms with E-state index in [1.54, 1.807) is 4.90 Å². The van der Waals surface area contributed by atoms with Gasteiger partial charge in [-0.05, 0) is 33.7 Å². The zero-order valence-electron chi connectivity index (χ0n) is 14.1. The van der Waals surface area contributed by atoms with Gasteiger partial charge in [0.2, 0.25) is 0 Å². The summed E-state index contributed by atoms with van der Waals surface area (Å²) in [5, 5.41) is 2.89. The lowest BCUT2D eigenvalue weighted by Gasteiger charge is -2.38. The smallest absolute Gasteiger partial charge is 0.336 e. The highest BCUT2D eigenvalue weighted by molar-refractivity contribution is 5.74. The Morgan fingerprint density at radius 1 is 1.22 bits per heavy atom. The summed E-state index contributed by atoms with van der Waals surface area (Å²) in [4.78, 5) is 17.4. The van der Waals surface area contributed by atoms with E-state index >= 15 is 0 Å². The molecule has 2 rings (SSSR count). The van der Waals surface area contributed by atoms with Gasteiger partial charge in [0.05, 0.1) is 0 Å². The van der Waals surface area contributed by atoms with E-state index in [1.807, 2.05) is 0 Å². The number of urea groups is 1. The molecule has 1 saturated carbocycles. The average molecular weight is 336 g/mol. The fourth-order valence-electron chi connectivity index (χ4n) is 2.85. The van der Waals surface area contributed by atoms with Crippen LogP contribution in [0.25, 0.3) is 0 Å². The second-order valence-electron chi connectivity index (χ2n) is 6.67. The number of carbonyl (C=O) groups excluding carboxylic acids is 1. The molecule has 5 nitrogen and oxygen atoms in total. The normalized spacial score (nSPS) is 23.0. The van der Waals surface area contributed by atoms with Crippen molar-refractivity contribution in [1.82, 2.24) is 20.0 Å². The summed E-state index contributed by atoms with van der Waals surface area (Å²) in [6.45, 7) is 4.98. The predicted octanol–water partition coefficient (Wildman–Crippen LogP) is 1.75. The van der Waals surface area contributed by atoms with Crippen molar-refractivity contribution in [2.75, 3.05) is 39.8 Å². The number of hydrogen-bond acceptors (Lipinski definition) is 3. The molecule has 0 radical (unpaired) electrons. The SMILES string of the molecule is C[C@H](N1CCN(C(=O)NC[C@H](C)N(C)C2CC2)CC1)C(F)(F)F. The highest BCUT2D eigenvalue weighted by Gasteiger charge is 2.41. The number of amides is 2. The molecule has 1 N–H and O–H groups in total. The summed E-state index contributed by atoms with van der Waals surface area (Å²) in [6.07, 6.45) is -1.78. The van der Waals surface area contributed by atoms with Gasteiger partial charge < -0.3 is 10.2 Å². The van der Waals surface area contributed by atoms with E-state index in [-0.39, 0.29) is 25.2 Å². The molecule has 0 spiro atoms. The fraction of sp³-hybridized carbons (Fsp3) is 0.933. The van der Waals surface area contributed by atoms with Crippen LogP contribution in [0.15, 0.2) is 0 Å². The molecule has 8 heteroatoms. The third-order valence-electron chi connectivity index (χ3n) is 4.99. The Hall–Kier alpha value is -1.02. The zero-order chi connectivity index (χ0) is 17.2. The fourth-order valence-corrected chi connectivity index (χ4v) is 2.85. The molecule has 0 aromatic heterocycles. The van der Waals surface area contributed by atoms with Crippen molar-refractivity contribution in [1.29, 1.82) is 0 Å². The maximum Gasteiger partial charge on any atom is 0.403 e. The van der Waals surface area contributed by atoms with E-state index in [2.05, 4.69) is 24.2 Å². The van der Waals surface area contributed by atoms with Crippen molar-refractivity contribution in [2.45, 2.75) is 51.0 Å². The number of nitrogens with one attached hydrogen (secondary N) is 1. The Bertz CT molecular complexity index is 406. The van der Waals surface area contributed by atoms with Gasteiger partial charge in [-0.3, -0.25) is 9.80 Å². The molecule has 2 amide bonds. The first-order valence-corrected chi connectivity index (χ1v) is 8.25. The number of hydrogen-bond donors (Lipinski definition) is 1. The van der Waals surface area contributed by atoms with Crippen molar-refractivity contribution in [3.8, 4) is 0 Å². The van der Waals surface area contributed by atoms with Crippen molar-refractivity contribution < 1.29 is 18.0 Å². The average Bonchev–Trinajstić information content (AvgIpc) is 3.34. The molecule has 0 unspecified atom stereocenters. The molecule has 1 aliphatic heterocycles. The van der Waals surface area contributed by atoms with E-state index in [4.69, 9.17) is 0 Å². The topological polar surface area (TPSA) is 38.8 Å². The predicted molar refractivity (Wildman–Crippen MR) is 82.3 cm³/mol. The standard InChI is InChI=1S/C15H27F3N4O/c1-11(20(3)13-4-5-13)10-19-14(23)22-8-6-21(7-9-22)12(2)15(16,17)18/h11-13H,4-10H2,1-3H3,(H,19,23)/t11-,12-/m0/s1. The Morgan fingerprint density at radius 2 is 1.78 bits per heavy atom. The minimum atomic E-state index is -4.22. The first kappa shape index (κ1) is 18.3. The molecule has 134 valence electrons. The second kappa shape index (κ2) is 7.25. The van der Waals surface area contributed by atoms with Crippen LogP contribution in [0.3, 0.4) is 0 Å². The number of piperazine rings is 1. The monoisotopic (exact) mass is 336 g/mol. The minimum absolute atomic E-state index is 0.180. The van der Waals surface area contributed by atoms with Gasteiger partial charge >= 0.3 is 12.2 Å². The van der Waals surface area contributed by atoms with Gasteiger partial charge in [-0.15, -0.1) is 0 Å². The number of likely N-dealkylation sites (N-methyl/N-ethyl adjacent to an activating group) is 1. The summed E-state index contributed by atoms with van der Waals surface area (Å²) >= 11 is 0. The summed E-state index contributed by atoms with van der Waals surface area (Å²) in [7, 11) is 2.06. The second-order valence-corrected chi connectivity index (χ2v) is 6.67. The van der Waals surface area contributed by atoms with Crippen LogP contribution >= 0.6 is 0 Å². The summed E-state index contributed by atoms with van der Waals surface area (Å²) in [5.41, 5.74) is 0. The third-order valence-corrected chi connectivity index (χ3v) is 4.99. The molecule has 1 heterocycles. The van der Waals surface area contributed by atoms with Crippen LogP contribution in [0.4, 0.5) is 18.0 Å². The molecule has 2 fully saturated rings. The maximum absolute atomic E-state index is 12.7. The van der Waals surface area contributed by atoms with Gasteiger partial charge in [0.15, 0.2) is 0 Å². The highest BCUT2D eigenvalue weighted by atomic mass is 19.4. The Balaban J connectivity index is 1.71. The van der Waals surface area contributed by atoms with Crippen molar-refractivity contribution in [3.05, 3.63) is 0 Å². The maximum atomic E-state index is 12.7. The summed E-state index contributed by atoms with van der Waals surface area (Å²) in [5.74, 6) is 0. The van der Waals surface area contributed by atoms with Gasteiger partial charge in [-0.1, -0.05) is 0 Å². The van der Waals surface area contributed by atoms with Crippen molar-refractivity contribution in [2.24, 2.45) is 0 Å². The van der Waals surface area contributed by atoms with Crippen LogP contribution in [0.2, 0.25) is 0 Å². The number of carbonyl (C=O) groups is 1. The van der Waals surface area contributed by atoms with Gasteiger partial charge in [0.1, 0.15) is 6.04 Å². The lowest BCUT2D eigenvalue weighted by molar-refractivity contribution is -0.181. The highest BCUT2D eigenvalue weighted by Crippen LogP contribution is 2.27. The molecular formula is C15H27F3N4O. The molecule has 2 aliphatic rings. The van der Waals surface area contributed by atoms with Crippen LogP contribution in [-0.2, 0) is 0 Å².